The smallest absolute Gasteiger partial charge is 0.341 e. The molecule has 1 fully saturated rings. The molecule has 34 heavy (non-hydrogen) atoms. The summed E-state index contributed by atoms with van der Waals surface area (Å²) in [6, 6.07) is 3.10. The molecule has 0 aromatic heterocycles. The van der Waals surface area contributed by atoms with E-state index in [1.54, 1.807) is 6.07 Å². The number of carbonyl (C=O) groups excluding carboxylic acids is 1. The van der Waals surface area contributed by atoms with Crippen LogP contribution < -0.4 is 10.1 Å². The second kappa shape index (κ2) is 11.2. The number of carbonyl (C=O) groups is 2. The van der Waals surface area contributed by atoms with Gasteiger partial charge in [-0.25, -0.2) is 9.18 Å². The fourth-order valence-corrected chi connectivity index (χ4v) is 5.10. The number of hydrogen-bond donors (Lipinski definition) is 2. The lowest BCUT2D eigenvalue weighted by Crippen LogP contribution is -2.47. The van der Waals surface area contributed by atoms with E-state index in [0.29, 0.717) is 18.7 Å². The number of likely N-dealkylation sites (tertiary alicyclic amines) is 1. The van der Waals surface area contributed by atoms with E-state index in [1.165, 1.54) is 6.07 Å². The van der Waals surface area contributed by atoms with E-state index in [4.69, 9.17) is 9.84 Å². The topological polar surface area (TPSA) is 82.1 Å². The van der Waals surface area contributed by atoms with E-state index in [1.807, 2.05) is 20.9 Å². The minimum absolute atomic E-state index is 0.00520. The summed E-state index contributed by atoms with van der Waals surface area (Å²) in [7, 11) is 2.02. The van der Waals surface area contributed by atoms with Gasteiger partial charge in [-0.3, -0.25) is 9.69 Å². The maximum absolute atomic E-state index is 15.3. The molecule has 2 N–H and O–H groups in total. The zero-order valence-electron chi connectivity index (χ0n) is 20.9. The molecule has 0 saturated carbocycles. The van der Waals surface area contributed by atoms with Crippen LogP contribution in [0.4, 0.5) is 4.39 Å². The molecular formula is C26H38FN3O4. The van der Waals surface area contributed by atoms with E-state index < -0.39 is 12.6 Å². The van der Waals surface area contributed by atoms with Gasteiger partial charge in [-0.1, -0.05) is 20.3 Å². The van der Waals surface area contributed by atoms with Crippen LogP contribution in [-0.2, 0) is 21.4 Å². The van der Waals surface area contributed by atoms with Gasteiger partial charge in [-0.2, -0.15) is 0 Å². The van der Waals surface area contributed by atoms with Crippen molar-refractivity contribution in [3.63, 3.8) is 0 Å². The Morgan fingerprint density at radius 3 is 2.59 bits per heavy atom. The quantitative estimate of drug-likeness (QED) is 0.567. The third-order valence-electron chi connectivity index (χ3n) is 7.26. The van der Waals surface area contributed by atoms with Gasteiger partial charge in [-0.15, -0.1) is 0 Å². The average molecular weight is 476 g/mol. The normalized spacial score (nSPS) is 18.7. The predicted molar refractivity (Wildman–Crippen MR) is 129 cm³/mol. The molecule has 7 nitrogen and oxygen atoms in total. The maximum atomic E-state index is 15.3. The molecule has 0 spiro atoms. The second-order valence-corrected chi connectivity index (χ2v) is 9.80. The number of carboxylic acids is 1. The Labute approximate surface area is 201 Å². The van der Waals surface area contributed by atoms with Crippen molar-refractivity contribution in [3.8, 4) is 5.75 Å². The van der Waals surface area contributed by atoms with Gasteiger partial charge in [0.1, 0.15) is 11.6 Å². The number of carboxylic acid groups (broad SMARTS) is 1. The number of hydrogen-bond acceptors (Lipinski definition) is 5. The second-order valence-electron chi connectivity index (χ2n) is 9.80. The van der Waals surface area contributed by atoms with Gasteiger partial charge in [0.25, 0.3) is 0 Å². The molecule has 1 saturated heterocycles. The van der Waals surface area contributed by atoms with Gasteiger partial charge in [0, 0.05) is 44.0 Å². The molecule has 1 aromatic carbocycles. The van der Waals surface area contributed by atoms with E-state index in [-0.39, 0.29) is 22.9 Å². The van der Waals surface area contributed by atoms with Crippen LogP contribution in [0.25, 0.3) is 0 Å². The van der Waals surface area contributed by atoms with Crippen LogP contribution >= 0.6 is 0 Å². The summed E-state index contributed by atoms with van der Waals surface area (Å²) >= 11 is 0. The largest absolute Gasteiger partial charge is 0.482 e. The Morgan fingerprint density at radius 2 is 1.94 bits per heavy atom. The van der Waals surface area contributed by atoms with Crippen molar-refractivity contribution in [2.24, 2.45) is 0 Å². The SMILES string of the molecule is CCCc1cc(OCC(=O)O)cc(F)c1C1(C)CCN(CNC(=O)C2=C(C)N(C)CCC2)CC1. The van der Waals surface area contributed by atoms with Crippen molar-refractivity contribution in [1.82, 2.24) is 15.1 Å². The number of amides is 1. The molecule has 0 atom stereocenters. The lowest BCUT2D eigenvalue weighted by Gasteiger charge is -2.41. The first-order chi connectivity index (χ1) is 16.1. The van der Waals surface area contributed by atoms with Crippen molar-refractivity contribution in [2.45, 2.75) is 64.7 Å². The van der Waals surface area contributed by atoms with Gasteiger partial charge in [0.05, 0.1) is 6.67 Å². The van der Waals surface area contributed by atoms with Crippen molar-refractivity contribution in [2.75, 3.05) is 40.0 Å². The number of aryl methyl sites for hydroxylation is 1. The molecule has 0 bridgehead atoms. The number of benzene rings is 1. The first kappa shape index (κ1) is 26.0. The van der Waals surface area contributed by atoms with Gasteiger partial charge in [0.2, 0.25) is 5.91 Å². The van der Waals surface area contributed by atoms with Crippen molar-refractivity contribution >= 4 is 11.9 Å². The summed E-state index contributed by atoms with van der Waals surface area (Å²) in [6.07, 6.45) is 4.91. The summed E-state index contributed by atoms with van der Waals surface area (Å²) in [6.45, 7) is 8.65. The zero-order chi connectivity index (χ0) is 24.9. The van der Waals surface area contributed by atoms with Gasteiger partial charge < -0.3 is 20.1 Å². The van der Waals surface area contributed by atoms with E-state index in [0.717, 1.165) is 68.6 Å². The van der Waals surface area contributed by atoms with Crippen LogP contribution in [0.15, 0.2) is 23.4 Å². The van der Waals surface area contributed by atoms with Crippen molar-refractivity contribution in [3.05, 3.63) is 40.3 Å². The molecule has 1 aromatic rings. The summed E-state index contributed by atoms with van der Waals surface area (Å²) in [5, 5.41) is 11.9. The molecule has 2 heterocycles. The number of allylic oxidation sites excluding steroid dienone is 1. The number of nitrogens with one attached hydrogen (secondary N) is 1. The summed E-state index contributed by atoms with van der Waals surface area (Å²) in [5.74, 6) is -1.16. The molecule has 2 aliphatic rings. The molecule has 0 radical (unpaired) electrons. The minimum atomic E-state index is -1.09. The number of halogens is 1. The number of rotatable bonds is 9. The van der Waals surface area contributed by atoms with E-state index >= 15 is 4.39 Å². The van der Waals surface area contributed by atoms with Crippen molar-refractivity contribution < 1.29 is 23.8 Å². The highest BCUT2D eigenvalue weighted by atomic mass is 19.1. The summed E-state index contributed by atoms with van der Waals surface area (Å²) in [5.41, 5.74) is 3.19. The van der Waals surface area contributed by atoms with Crippen LogP contribution in [0.2, 0.25) is 0 Å². The lowest BCUT2D eigenvalue weighted by atomic mass is 9.72. The number of piperidine rings is 1. The standard InChI is InChI=1S/C26H38FN3O4/c1-5-7-19-14-20(34-16-23(31)32)15-22(27)24(19)26(3)9-12-30(13-10-26)17-28-25(33)21-8-6-11-29(4)18(21)2/h14-15H,5-13,16-17H2,1-4H3,(H,28,33)(H,31,32). The fraction of sp³-hybridized carbons (Fsp3) is 0.615. The maximum Gasteiger partial charge on any atom is 0.341 e. The Morgan fingerprint density at radius 1 is 1.24 bits per heavy atom. The molecule has 2 aliphatic heterocycles. The molecule has 3 rings (SSSR count). The number of nitrogens with zero attached hydrogens (tertiary/aromatic N) is 2. The Bertz CT molecular complexity index is 938. The van der Waals surface area contributed by atoms with Crippen LogP contribution in [-0.4, -0.2) is 66.7 Å². The van der Waals surface area contributed by atoms with Crippen LogP contribution in [0.5, 0.6) is 5.75 Å². The zero-order valence-corrected chi connectivity index (χ0v) is 20.9. The minimum Gasteiger partial charge on any atom is -0.482 e. The highest BCUT2D eigenvalue weighted by Crippen LogP contribution is 2.40. The van der Waals surface area contributed by atoms with Gasteiger partial charge in [-0.05, 0) is 61.6 Å². The van der Waals surface area contributed by atoms with Gasteiger partial charge in [0.15, 0.2) is 6.61 Å². The van der Waals surface area contributed by atoms with E-state index in [9.17, 15) is 9.59 Å². The third kappa shape index (κ3) is 6.09. The predicted octanol–water partition coefficient (Wildman–Crippen LogP) is 3.67. The Kier molecular flexibility index (Phi) is 8.57. The Balaban J connectivity index is 1.65. The summed E-state index contributed by atoms with van der Waals surface area (Å²) < 4.78 is 20.6. The molecule has 188 valence electrons. The highest BCUT2D eigenvalue weighted by Gasteiger charge is 2.36. The molecule has 0 unspecified atom stereocenters. The first-order valence-electron chi connectivity index (χ1n) is 12.2. The van der Waals surface area contributed by atoms with Crippen LogP contribution in [0.3, 0.4) is 0 Å². The van der Waals surface area contributed by atoms with Gasteiger partial charge >= 0.3 is 5.97 Å². The number of aliphatic carboxylic acids is 1. The third-order valence-corrected chi connectivity index (χ3v) is 7.26. The lowest BCUT2D eigenvalue weighted by molar-refractivity contribution is -0.139. The van der Waals surface area contributed by atoms with Crippen molar-refractivity contribution in [1.29, 1.82) is 0 Å². The summed E-state index contributed by atoms with van der Waals surface area (Å²) in [4.78, 5) is 27.9. The average Bonchev–Trinajstić information content (AvgIpc) is 2.79. The number of ether oxygens (including phenoxy) is 1. The van der Waals surface area contributed by atoms with Crippen LogP contribution in [0, 0.1) is 5.82 Å². The highest BCUT2D eigenvalue weighted by molar-refractivity contribution is 5.94. The molecule has 1 amide bonds. The fourth-order valence-electron chi connectivity index (χ4n) is 5.10. The molecular weight excluding hydrogens is 437 g/mol. The van der Waals surface area contributed by atoms with Crippen LogP contribution in [0.1, 0.15) is 64.0 Å². The molecule has 0 aliphatic carbocycles. The van der Waals surface area contributed by atoms with E-state index in [2.05, 4.69) is 22.0 Å². The first-order valence-corrected chi connectivity index (χ1v) is 12.2. The Hall–Kier alpha value is -2.61. The molecule has 8 heteroatoms. The monoisotopic (exact) mass is 475 g/mol.